The summed E-state index contributed by atoms with van der Waals surface area (Å²) in [6.07, 6.45) is 1.41. The molecule has 0 saturated heterocycles. The van der Waals surface area contributed by atoms with Gasteiger partial charge in [-0.15, -0.1) is 0 Å². The molecule has 0 aliphatic rings. The van der Waals surface area contributed by atoms with Crippen molar-refractivity contribution >= 4 is 34.0 Å². The number of carbonyl (C=O) groups excluding carboxylic acids is 2. The van der Waals surface area contributed by atoms with Crippen LogP contribution in [-0.4, -0.2) is 31.8 Å². The van der Waals surface area contributed by atoms with Gasteiger partial charge in [0.15, 0.2) is 0 Å². The number of rotatable bonds is 8. The monoisotopic (exact) mass is 496 g/mol. The Kier molecular flexibility index (Phi) is 7.99. The minimum atomic E-state index is -0.520. The number of nitrogens with zero attached hydrogens (tertiary/aromatic N) is 1. The molecule has 0 atom stereocenters. The number of hydrogen-bond acceptors (Lipinski definition) is 6. The van der Waals surface area contributed by atoms with Gasteiger partial charge in [0.05, 0.1) is 31.1 Å². The maximum Gasteiger partial charge on any atom is 0.343 e. The van der Waals surface area contributed by atoms with Crippen molar-refractivity contribution < 1.29 is 23.8 Å². The molecule has 0 radical (unpaired) electrons. The highest BCUT2D eigenvalue weighted by molar-refractivity contribution is 9.10. The van der Waals surface area contributed by atoms with Crippen molar-refractivity contribution in [3.63, 3.8) is 0 Å². The average molecular weight is 497 g/mol. The fourth-order valence-corrected chi connectivity index (χ4v) is 3.11. The fourth-order valence-electron chi connectivity index (χ4n) is 2.75. The summed E-state index contributed by atoms with van der Waals surface area (Å²) < 4.78 is 16.8. The lowest BCUT2D eigenvalue weighted by atomic mass is 10.2. The zero-order valence-electron chi connectivity index (χ0n) is 17.5. The molecule has 8 heteroatoms. The number of nitrogens with one attached hydrogen (secondary N) is 1. The van der Waals surface area contributed by atoms with E-state index in [0.717, 1.165) is 4.47 Å². The van der Waals surface area contributed by atoms with Gasteiger partial charge in [-0.3, -0.25) is 4.79 Å². The van der Waals surface area contributed by atoms with Gasteiger partial charge in [0.2, 0.25) is 0 Å². The van der Waals surface area contributed by atoms with Gasteiger partial charge in [-0.05, 0) is 61.5 Å². The molecule has 164 valence electrons. The molecule has 0 saturated carbocycles. The van der Waals surface area contributed by atoms with Crippen molar-refractivity contribution in [2.45, 2.75) is 6.92 Å². The quantitative estimate of drug-likeness (QED) is 0.208. The Bertz CT molecular complexity index is 1130. The molecule has 7 nitrogen and oxygen atoms in total. The van der Waals surface area contributed by atoms with Crippen LogP contribution in [0, 0.1) is 0 Å². The molecule has 3 rings (SSSR count). The number of methoxy groups -OCH3 is 1. The normalized spacial score (nSPS) is 10.6. The Labute approximate surface area is 194 Å². The minimum Gasteiger partial charge on any atom is -0.497 e. The van der Waals surface area contributed by atoms with E-state index in [1.807, 2.05) is 6.92 Å². The van der Waals surface area contributed by atoms with E-state index in [1.54, 1.807) is 73.8 Å². The number of benzene rings is 3. The highest BCUT2D eigenvalue weighted by Crippen LogP contribution is 2.23. The van der Waals surface area contributed by atoms with Crippen LogP contribution in [0.3, 0.4) is 0 Å². The zero-order valence-corrected chi connectivity index (χ0v) is 19.1. The highest BCUT2D eigenvalue weighted by Gasteiger charge is 2.14. The maximum absolute atomic E-state index is 12.6. The average Bonchev–Trinajstić information content (AvgIpc) is 2.81. The molecule has 0 bridgehead atoms. The number of carbonyl (C=O) groups is 2. The summed E-state index contributed by atoms with van der Waals surface area (Å²) in [5.41, 5.74) is 3.72. The van der Waals surface area contributed by atoms with Crippen LogP contribution in [0.25, 0.3) is 0 Å². The molecular formula is C24H21BrN2O5. The predicted octanol–water partition coefficient (Wildman–Crippen LogP) is 4.84. The zero-order chi connectivity index (χ0) is 22.9. The summed E-state index contributed by atoms with van der Waals surface area (Å²) in [7, 11) is 1.55. The molecule has 0 aromatic heterocycles. The summed E-state index contributed by atoms with van der Waals surface area (Å²) in [6.45, 7) is 2.27. The number of esters is 1. The summed E-state index contributed by atoms with van der Waals surface area (Å²) in [4.78, 5) is 25.0. The van der Waals surface area contributed by atoms with Gasteiger partial charge >= 0.3 is 5.97 Å². The standard InChI is InChI=1S/C24H21BrN2O5/c1-3-31-22-13-10-18(25)14-20(22)23(28)27-26-15-17-6-4-5-7-21(17)32-24(29)16-8-11-19(30-2)12-9-16/h4-15H,3H2,1-2H3,(H,27,28). The number of halogens is 1. The summed E-state index contributed by atoms with van der Waals surface area (Å²) >= 11 is 3.35. The van der Waals surface area contributed by atoms with Gasteiger partial charge in [-0.25, -0.2) is 10.2 Å². The number of amides is 1. The van der Waals surface area contributed by atoms with E-state index in [1.165, 1.54) is 6.21 Å². The Morgan fingerprint density at radius 2 is 1.78 bits per heavy atom. The largest absolute Gasteiger partial charge is 0.497 e. The summed E-state index contributed by atoms with van der Waals surface area (Å²) in [6, 6.07) is 18.6. The van der Waals surface area contributed by atoms with Crippen molar-refractivity contribution in [3.8, 4) is 17.2 Å². The first-order valence-corrected chi connectivity index (χ1v) is 10.5. The van der Waals surface area contributed by atoms with Crippen molar-refractivity contribution in [2.75, 3.05) is 13.7 Å². The van der Waals surface area contributed by atoms with Gasteiger partial charge in [0.1, 0.15) is 17.2 Å². The maximum atomic E-state index is 12.6. The van der Waals surface area contributed by atoms with Crippen molar-refractivity contribution in [1.29, 1.82) is 0 Å². The van der Waals surface area contributed by atoms with Crippen molar-refractivity contribution in [3.05, 3.63) is 87.9 Å². The molecule has 1 N–H and O–H groups in total. The van der Waals surface area contributed by atoms with Crippen LogP contribution in [0.4, 0.5) is 0 Å². The molecule has 0 aliphatic heterocycles. The molecule has 32 heavy (non-hydrogen) atoms. The first-order chi connectivity index (χ1) is 15.5. The number of hydrogen-bond donors (Lipinski definition) is 1. The van der Waals surface area contributed by atoms with E-state index in [9.17, 15) is 9.59 Å². The molecule has 1 amide bonds. The van der Waals surface area contributed by atoms with Crippen LogP contribution in [0.2, 0.25) is 0 Å². The van der Waals surface area contributed by atoms with E-state index in [4.69, 9.17) is 14.2 Å². The van der Waals surface area contributed by atoms with E-state index >= 15 is 0 Å². The molecule has 0 heterocycles. The first-order valence-electron chi connectivity index (χ1n) is 9.72. The third kappa shape index (κ3) is 5.95. The van der Waals surface area contributed by atoms with Crippen molar-refractivity contribution in [2.24, 2.45) is 5.10 Å². The van der Waals surface area contributed by atoms with Gasteiger partial charge in [-0.2, -0.15) is 5.10 Å². The summed E-state index contributed by atoms with van der Waals surface area (Å²) in [5.74, 6) is 0.454. The highest BCUT2D eigenvalue weighted by atomic mass is 79.9. The molecule has 0 aliphatic carbocycles. The van der Waals surface area contributed by atoms with Crippen LogP contribution >= 0.6 is 15.9 Å². The minimum absolute atomic E-state index is 0.309. The third-order valence-electron chi connectivity index (χ3n) is 4.30. The number of para-hydroxylation sites is 1. The molecule has 3 aromatic rings. The second-order valence-corrected chi connectivity index (χ2v) is 7.34. The molecule has 0 unspecified atom stereocenters. The van der Waals surface area contributed by atoms with Gasteiger partial charge < -0.3 is 14.2 Å². The molecule has 0 spiro atoms. The Hall–Kier alpha value is -3.65. The number of ether oxygens (including phenoxy) is 3. The SMILES string of the molecule is CCOc1ccc(Br)cc1C(=O)NN=Cc1ccccc1OC(=O)c1ccc(OC)cc1. The van der Waals surface area contributed by atoms with Crippen LogP contribution in [0.15, 0.2) is 76.3 Å². The molecule has 0 fully saturated rings. The lowest BCUT2D eigenvalue weighted by Crippen LogP contribution is -2.19. The van der Waals surface area contributed by atoms with Gasteiger partial charge in [-0.1, -0.05) is 28.1 Å². The third-order valence-corrected chi connectivity index (χ3v) is 4.80. The van der Waals surface area contributed by atoms with E-state index in [2.05, 4.69) is 26.5 Å². The Morgan fingerprint density at radius 3 is 2.50 bits per heavy atom. The Balaban J connectivity index is 1.71. The fraction of sp³-hybridized carbons (Fsp3) is 0.125. The second-order valence-electron chi connectivity index (χ2n) is 6.43. The lowest BCUT2D eigenvalue weighted by Gasteiger charge is -2.09. The summed E-state index contributed by atoms with van der Waals surface area (Å²) in [5, 5.41) is 4.01. The first kappa shape index (κ1) is 23.0. The molecular weight excluding hydrogens is 476 g/mol. The van der Waals surface area contributed by atoms with Crippen LogP contribution < -0.4 is 19.6 Å². The van der Waals surface area contributed by atoms with E-state index < -0.39 is 11.9 Å². The second kappa shape index (κ2) is 11.1. The predicted molar refractivity (Wildman–Crippen MR) is 125 cm³/mol. The van der Waals surface area contributed by atoms with Crippen LogP contribution in [0.5, 0.6) is 17.2 Å². The van der Waals surface area contributed by atoms with Crippen molar-refractivity contribution in [1.82, 2.24) is 5.43 Å². The van der Waals surface area contributed by atoms with Crippen LogP contribution in [0.1, 0.15) is 33.2 Å². The van der Waals surface area contributed by atoms with Crippen LogP contribution in [-0.2, 0) is 0 Å². The smallest absolute Gasteiger partial charge is 0.343 e. The van der Waals surface area contributed by atoms with E-state index in [0.29, 0.717) is 40.5 Å². The number of hydrazone groups is 1. The van der Waals surface area contributed by atoms with Gasteiger partial charge in [0, 0.05) is 10.0 Å². The topological polar surface area (TPSA) is 86.2 Å². The lowest BCUT2D eigenvalue weighted by molar-refractivity contribution is 0.0734. The molecule has 3 aromatic carbocycles. The van der Waals surface area contributed by atoms with E-state index in [-0.39, 0.29) is 0 Å². The Morgan fingerprint density at radius 1 is 1.03 bits per heavy atom. The van der Waals surface area contributed by atoms with Gasteiger partial charge in [0.25, 0.3) is 5.91 Å².